The highest BCUT2D eigenvalue weighted by Crippen LogP contribution is 2.42. The lowest BCUT2D eigenvalue weighted by atomic mass is 9.71. The summed E-state index contributed by atoms with van der Waals surface area (Å²) in [5.74, 6) is 2.20. The third-order valence-electron chi connectivity index (χ3n) is 7.33. The number of nitrogens with zero attached hydrogens (tertiary/aromatic N) is 2. The van der Waals surface area contributed by atoms with Crippen molar-refractivity contribution in [2.75, 3.05) is 32.7 Å². The molecule has 4 rings (SSSR count). The summed E-state index contributed by atoms with van der Waals surface area (Å²) >= 11 is 0. The normalized spacial score (nSPS) is 33.8. The molecule has 2 saturated carbocycles. The number of likely N-dealkylation sites (tertiary alicyclic amines) is 2. The van der Waals surface area contributed by atoms with Crippen LogP contribution in [0.3, 0.4) is 0 Å². The van der Waals surface area contributed by atoms with Crippen LogP contribution >= 0.6 is 0 Å². The second kappa shape index (κ2) is 7.35. The van der Waals surface area contributed by atoms with Crippen molar-refractivity contribution in [3.63, 3.8) is 0 Å². The molecule has 0 aromatic rings. The first kappa shape index (κ1) is 16.9. The molecule has 0 aromatic carbocycles. The zero-order chi connectivity index (χ0) is 16.4. The van der Waals surface area contributed by atoms with E-state index in [4.69, 9.17) is 0 Å². The first-order valence-corrected chi connectivity index (χ1v) is 10.8. The van der Waals surface area contributed by atoms with Gasteiger partial charge in [0, 0.05) is 26.2 Å². The highest BCUT2D eigenvalue weighted by Gasteiger charge is 2.53. The van der Waals surface area contributed by atoms with Crippen molar-refractivity contribution in [2.24, 2.45) is 17.3 Å². The van der Waals surface area contributed by atoms with Gasteiger partial charge in [0.2, 0.25) is 5.91 Å². The van der Waals surface area contributed by atoms with E-state index < -0.39 is 0 Å². The molecule has 2 heterocycles. The van der Waals surface area contributed by atoms with E-state index in [2.05, 4.69) is 9.80 Å². The van der Waals surface area contributed by atoms with Gasteiger partial charge in [0.05, 0.1) is 5.41 Å². The summed E-state index contributed by atoms with van der Waals surface area (Å²) in [7, 11) is 0. The molecule has 1 spiro atoms. The van der Waals surface area contributed by atoms with Crippen LogP contribution in [0.2, 0.25) is 0 Å². The molecule has 0 radical (unpaired) electrons. The average molecular weight is 333 g/mol. The van der Waals surface area contributed by atoms with Gasteiger partial charge < -0.3 is 9.80 Å². The molecule has 2 aliphatic carbocycles. The van der Waals surface area contributed by atoms with Crippen LogP contribution in [0.1, 0.15) is 77.0 Å². The molecular formula is C21H36N2O. The number of carbonyl (C=O) groups excluding carboxylic acids is 1. The molecule has 2 aliphatic heterocycles. The van der Waals surface area contributed by atoms with E-state index in [1.54, 1.807) is 0 Å². The summed E-state index contributed by atoms with van der Waals surface area (Å²) in [6.07, 6.45) is 16.4. The Morgan fingerprint density at radius 2 is 1.42 bits per heavy atom. The second-order valence-electron chi connectivity index (χ2n) is 9.31. The Morgan fingerprint density at radius 1 is 0.792 bits per heavy atom. The first-order valence-electron chi connectivity index (χ1n) is 10.8. The van der Waals surface area contributed by atoms with Gasteiger partial charge in [-0.15, -0.1) is 0 Å². The Hall–Kier alpha value is -0.570. The molecule has 0 aromatic heterocycles. The van der Waals surface area contributed by atoms with Crippen molar-refractivity contribution < 1.29 is 4.79 Å². The van der Waals surface area contributed by atoms with Crippen LogP contribution in [-0.2, 0) is 4.79 Å². The van der Waals surface area contributed by atoms with Crippen molar-refractivity contribution in [1.29, 1.82) is 0 Å². The van der Waals surface area contributed by atoms with E-state index >= 15 is 0 Å². The summed E-state index contributed by atoms with van der Waals surface area (Å²) in [6, 6.07) is 0. The van der Waals surface area contributed by atoms with E-state index in [1.165, 1.54) is 83.7 Å². The Bertz CT molecular complexity index is 439. The van der Waals surface area contributed by atoms with Gasteiger partial charge in [0.15, 0.2) is 0 Å². The predicted molar refractivity (Wildman–Crippen MR) is 97.8 cm³/mol. The van der Waals surface area contributed by atoms with Crippen LogP contribution in [0.25, 0.3) is 0 Å². The number of rotatable bonds is 4. The SMILES string of the molecule is O=C1N(CC2CCCCC2)C[C@@]12CCCN(CC1CCCCC1)C2. The number of carbonyl (C=O) groups is 1. The Balaban J connectivity index is 1.28. The summed E-state index contributed by atoms with van der Waals surface area (Å²) in [4.78, 5) is 17.8. The third-order valence-corrected chi connectivity index (χ3v) is 7.33. The fraction of sp³-hybridized carbons (Fsp3) is 0.952. The van der Waals surface area contributed by atoms with Crippen LogP contribution in [0.5, 0.6) is 0 Å². The quantitative estimate of drug-likeness (QED) is 0.725. The second-order valence-corrected chi connectivity index (χ2v) is 9.31. The minimum absolute atomic E-state index is 0.0155. The van der Waals surface area contributed by atoms with E-state index in [9.17, 15) is 4.79 Å². The Morgan fingerprint density at radius 3 is 2.04 bits per heavy atom. The summed E-state index contributed by atoms with van der Waals surface area (Å²) < 4.78 is 0. The fourth-order valence-corrected chi connectivity index (χ4v) is 6.00. The number of hydrogen-bond donors (Lipinski definition) is 0. The third kappa shape index (κ3) is 3.52. The smallest absolute Gasteiger partial charge is 0.231 e. The molecule has 24 heavy (non-hydrogen) atoms. The summed E-state index contributed by atoms with van der Waals surface area (Å²) in [6.45, 7) is 5.67. The van der Waals surface area contributed by atoms with Crippen LogP contribution in [0.15, 0.2) is 0 Å². The molecule has 0 bridgehead atoms. The van der Waals surface area contributed by atoms with Gasteiger partial charge in [-0.2, -0.15) is 0 Å². The van der Waals surface area contributed by atoms with Crippen molar-refractivity contribution in [3.8, 4) is 0 Å². The van der Waals surface area contributed by atoms with Gasteiger partial charge in [-0.25, -0.2) is 0 Å². The fourth-order valence-electron chi connectivity index (χ4n) is 6.00. The van der Waals surface area contributed by atoms with Crippen LogP contribution in [0, 0.1) is 17.3 Å². The van der Waals surface area contributed by atoms with Gasteiger partial charge in [0.1, 0.15) is 0 Å². The lowest BCUT2D eigenvalue weighted by Gasteiger charge is -2.54. The van der Waals surface area contributed by atoms with E-state index in [-0.39, 0.29) is 5.41 Å². The van der Waals surface area contributed by atoms with Gasteiger partial charge in [-0.3, -0.25) is 4.79 Å². The molecule has 1 atom stereocenters. The van der Waals surface area contributed by atoms with Crippen LogP contribution in [0.4, 0.5) is 0 Å². The lowest BCUT2D eigenvalue weighted by Crippen LogP contribution is -2.67. The predicted octanol–water partition coefficient (Wildman–Crippen LogP) is 4.07. The molecule has 2 saturated heterocycles. The standard InChI is InChI=1S/C21H36N2O/c24-20-21(17-23(20)15-19-10-5-2-6-11-19)12-7-13-22(16-21)14-18-8-3-1-4-9-18/h18-19H,1-17H2/t21-/m0/s1. The van der Waals surface area contributed by atoms with Gasteiger partial charge in [0.25, 0.3) is 0 Å². The highest BCUT2D eigenvalue weighted by molar-refractivity contribution is 5.89. The van der Waals surface area contributed by atoms with Crippen LogP contribution < -0.4 is 0 Å². The molecule has 0 unspecified atom stereocenters. The van der Waals surface area contributed by atoms with Crippen molar-refractivity contribution in [2.45, 2.75) is 77.0 Å². The zero-order valence-electron chi connectivity index (χ0n) is 15.5. The van der Waals surface area contributed by atoms with E-state index in [0.717, 1.165) is 37.9 Å². The molecule has 4 aliphatic rings. The minimum atomic E-state index is 0.0155. The topological polar surface area (TPSA) is 23.6 Å². The van der Waals surface area contributed by atoms with Gasteiger partial charge in [-0.1, -0.05) is 38.5 Å². The van der Waals surface area contributed by atoms with Gasteiger partial charge in [-0.05, 0) is 56.9 Å². The maximum absolute atomic E-state index is 12.9. The molecule has 3 heteroatoms. The summed E-state index contributed by atoms with van der Waals surface area (Å²) in [5.41, 5.74) is 0.0155. The number of β-lactam (4-membered cyclic amide) rings is 1. The van der Waals surface area contributed by atoms with Crippen LogP contribution in [-0.4, -0.2) is 48.4 Å². The molecule has 136 valence electrons. The first-order chi connectivity index (χ1) is 11.8. The molecule has 4 fully saturated rings. The number of amides is 1. The maximum atomic E-state index is 12.9. The molecule has 3 nitrogen and oxygen atoms in total. The lowest BCUT2D eigenvalue weighted by molar-refractivity contribution is -0.168. The Kier molecular flexibility index (Phi) is 5.17. The van der Waals surface area contributed by atoms with Crippen molar-refractivity contribution in [1.82, 2.24) is 9.80 Å². The van der Waals surface area contributed by atoms with Crippen molar-refractivity contribution >= 4 is 5.91 Å². The summed E-state index contributed by atoms with van der Waals surface area (Å²) in [5, 5.41) is 0. The number of piperidine rings is 1. The van der Waals surface area contributed by atoms with Crippen molar-refractivity contribution in [3.05, 3.63) is 0 Å². The maximum Gasteiger partial charge on any atom is 0.231 e. The number of hydrogen-bond acceptors (Lipinski definition) is 2. The van der Waals surface area contributed by atoms with E-state index in [0.29, 0.717) is 5.91 Å². The van der Waals surface area contributed by atoms with Gasteiger partial charge >= 0.3 is 0 Å². The molecule has 1 amide bonds. The largest absolute Gasteiger partial charge is 0.341 e. The average Bonchev–Trinajstić information content (AvgIpc) is 2.63. The highest BCUT2D eigenvalue weighted by atomic mass is 16.2. The molecule has 0 N–H and O–H groups in total. The molecular weight excluding hydrogens is 296 g/mol. The monoisotopic (exact) mass is 332 g/mol. The minimum Gasteiger partial charge on any atom is -0.341 e. The Labute approximate surface area is 148 Å². The van der Waals surface area contributed by atoms with E-state index in [1.807, 2.05) is 0 Å². The zero-order valence-corrected chi connectivity index (χ0v) is 15.5.